The van der Waals surface area contributed by atoms with Crippen LogP contribution in [0.3, 0.4) is 0 Å². The largest absolute Gasteiger partial charge is 0.353 e. The van der Waals surface area contributed by atoms with Crippen molar-refractivity contribution in [2.24, 2.45) is 4.99 Å². The normalized spacial score (nSPS) is 23.7. The third kappa shape index (κ3) is 5.07. The van der Waals surface area contributed by atoms with Crippen LogP contribution in [0.25, 0.3) is 0 Å². The zero-order valence-electron chi connectivity index (χ0n) is 14.2. The predicted octanol–water partition coefficient (Wildman–Crippen LogP) is 1.79. The van der Waals surface area contributed by atoms with Crippen LogP contribution in [0.15, 0.2) is 4.99 Å². The van der Waals surface area contributed by atoms with Gasteiger partial charge in [-0.25, -0.2) is 4.99 Å². The SMILES string of the molecule is CCC1CN(C(=NCC(=O)N(C)C)NC2CCCC2)CCS1. The first-order valence-electron chi connectivity index (χ1n) is 8.47. The maximum absolute atomic E-state index is 11.9. The molecular weight excluding hydrogens is 296 g/mol. The van der Waals surface area contributed by atoms with Crippen LogP contribution in [0.5, 0.6) is 0 Å². The van der Waals surface area contributed by atoms with Crippen LogP contribution in [0.4, 0.5) is 0 Å². The van der Waals surface area contributed by atoms with E-state index >= 15 is 0 Å². The van der Waals surface area contributed by atoms with E-state index in [9.17, 15) is 4.79 Å². The number of thioether (sulfide) groups is 1. The second-order valence-electron chi connectivity index (χ2n) is 6.40. The summed E-state index contributed by atoms with van der Waals surface area (Å²) in [6.45, 7) is 4.55. The molecule has 1 aliphatic heterocycles. The van der Waals surface area contributed by atoms with Gasteiger partial charge in [-0.15, -0.1) is 0 Å². The molecule has 6 heteroatoms. The van der Waals surface area contributed by atoms with E-state index in [0.717, 1.165) is 24.8 Å². The van der Waals surface area contributed by atoms with Crippen molar-refractivity contribution in [2.75, 3.05) is 39.5 Å². The summed E-state index contributed by atoms with van der Waals surface area (Å²) < 4.78 is 0. The van der Waals surface area contributed by atoms with Crippen molar-refractivity contribution in [1.29, 1.82) is 0 Å². The van der Waals surface area contributed by atoms with Crippen molar-refractivity contribution >= 4 is 23.6 Å². The summed E-state index contributed by atoms with van der Waals surface area (Å²) in [6, 6.07) is 0.530. The van der Waals surface area contributed by atoms with Gasteiger partial charge in [0.05, 0.1) is 0 Å². The minimum Gasteiger partial charge on any atom is -0.353 e. The molecule has 0 bridgehead atoms. The van der Waals surface area contributed by atoms with Gasteiger partial charge in [0.15, 0.2) is 5.96 Å². The summed E-state index contributed by atoms with van der Waals surface area (Å²) in [6.07, 6.45) is 6.24. The van der Waals surface area contributed by atoms with Gasteiger partial charge in [0.1, 0.15) is 6.54 Å². The maximum Gasteiger partial charge on any atom is 0.243 e. The Kier molecular flexibility index (Phi) is 6.86. The molecule has 2 aliphatic rings. The first-order chi connectivity index (χ1) is 10.6. The molecule has 1 saturated carbocycles. The fourth-order valence-electron chi connectivity index (χ4n) is 2.93. The van der Waals surface area contributed by atoms with E-state index in [1.807, 2.05) is 0 Å². The average molecular weight is 327 g/mol. The van der Waals surface area contributed by atoms with Crippen LogP contribution in [-0.2, 0) is 4.79 Å². The Balaban J connectivity index is 2.02. The number of aliphatic imine (C=N–C) groups is 1. The van der Waals surface area contributed by atoms with E-state index in [1.54, 1.807) is 19.0 Å². The minimum absolute atomic E-state index is 0.0594. The summed E-state index contributed by atoms with van der Waals surface area (Å²) in [5.41, 5.74) is 0. The molecule has 0 aromatic carbocycles. The summed E-state index contributed by atoms with van der Waals surface area (Å²) in [4.78, 5) is 20.4. The molecule has 22 heavy (non-hydrogen) atoms. The van der Waals surface area contributed by atoms with Crippen molar-refractivity contribution < 1.29 is 4.79 Å². The first-order valence-corrected chi connectivity index (χ1v) is 9.52. The summed E-state index contributed by atoms with van der Waals surface area (Å²) in [7, 11) is 3.57. The fraction of sp³-hybridized carbons (Fsp3) is 0.875. The van der Waals surface area contributed by atoms with Gasteiger partial charge in [-0.3, -0.25) is 4.79 Å². The lowest BCUT2D eigenvalue weighted by Crippen LogP contribution is -2.50. The van der Waals surface area contributed by atoms with Crippen molar-refractivity contribution in [3.05, 3.63) is 0 Å². The monoisotopic (exact) mass is 326 g/mol. The number of carbonyl (C=O) groups excluding carboxylic acids is 1. The number of guanidine groups is 1. The Bertz CT molecular complexity index is 394. The second-order valence-corrected chi connectivity index (χ2v) is 7.81. The van der Waals surface area contributed by atoms with Crippen LogP contribution in [0.1, 0.15) is 39.0 Å². The summed E-state index contributed by atoms with van der Waals surface area (Å²) >= 11 is 2.06. The molecule has 1 atom stereocenters. The second kappa shape index (κ2) is 8.65. The number of hydrogen-bond donors (Lipinski definition) is 1. The van der Waals surface area contributed by atoms with E-state index in [0.29, 0.717) is 11.3 Å². The maximum atomic E-state index is 11.9. The van der Waals surface area contributed by atoms with Crippen molar-refractivity contribution in [2.45, 2.75) is 50.3 Å². The fourth-order valence-corrected chi connectivity index (χ4v) is 4.11. The molecule has 1 aliphatic carbocycles. The molecule has 1 N–H and O–H groups in total. The number of rotatable bonds is 4. The van der Waals surface area contributed by atoms with Gasteiger partial charge in [0.25, 0.3) is 0 Å². The molecule has 0 spiro atoms. The number of nitrogens with zero attached hydrogens (tertiary/aromatic N) is 3. The topological polar surface area (TPSA) is 47.9 Å². The molecule has 1 amide bonds. The number of hydrogen-bond acceptors (Lipinski definition) is 3. The Hall–Kier alpha value is -0.910. The number of likely N-dealkylation sites (N-methyl/N-ethyl adjacent to an activating group) is 1. The Morgan fingerprint density at radius 2 is 2.09 bits per heavy atom. The lowest BCUT2D eigenvalue weighted by Gasteiger charge is -2.35. The van der Waals surface area contributed by atoms with Crippen molar-refractivity contribution in [1.82, 2.24) is 15.1 Å². The van der Waals surface area contributed by atoms with Gasteiger partial charge < -0.3 is 15.1 Å². The third-order valence-electron chi connectivity index (χ3n) is 4.44. The quantitative estimate of drug-likeness (QED) is 0.632. The van der Waals surface area contributed by atoms with Crippen LogP contribution in [-0.4, -0.2) is 72.4 Å². The van der Waals surface area contributed by atoms with Gasteiger partial charge in [0, 0.05) is 44.2 Å². The predicted molar refractivity (Wildman–Crippen MR) is 94.5 cm³/mol. The van der Waals surface area contributed by atoms with Crippen LogP contribution >= 0.6 is 11.8 Å². The Labute approximate surface area is 138 Å². The molecule has 0 aromatic heterocycles. The smallest absolute Gasteiger partial charge is 0.243 e. The zero-order chi connectivity index (χ0) is 15.9. The van der Waals surface area contributed by atoms with Crippen LogP contribution in [0.2, 0.25) is 0 Å². The van der Waals surface area contributed by atoms with E-state index in [1.165, 1.54) is 32.1 Å². The Morgan fingerprint density at radius 3 is 2.73 bits per heavy atom. The highest BCUT2D eigenvalue weighted by Crippen LogP contribution is 2.22. The number of carbonyl (C=O) groups is 1. The number of amides is 1. The van der Waals surface area contributed by atoms with Gasteiger partial charge in [-0.1, -0.05) is 19.8 Å². The molecule has 1 saturated heterocycles. The van der Waals surface area contributed by atoms with E-state index < -0.39 is 0 Å². The van der Waals surface area contributed by atoms with Gasteiger partial charge >= 0.3 is 0 Å². The van der Waals surface area contributed by atoms with Crippen LogP contribution < -0.4 is 5.32 Å². The molecule has 126 valence electrons. The lowest BCUT2D eigenvalue weighted by atomic mass is 10.2. The highest BCUT2D eigenvalue weighted by molar-refractivity contribution is 8.00. The molecule has 5 nitrogen and oxygen atoms in total. The van der Waals surface area contributed by atoms with E-state index in [-0.39, 0.29) is 12.5 Å². The first kappa shape index (κ1) is 17.4. The third-order valence-corrected chi connectivity index (χ3v) is 5.82. The molecular formula is C16H30N4OS. The van der Waals surface area contributed by atoms with Crippen molar-refractivity contribution in [3.8, 4) is 0 Å². The summed E-state index contributed by atoms with van der Waals surface area (Å²) in [5, 5.41) is 4.30. The molecule has 2 rings (SSSR count). The Morgan fingerprint density at radius 1 is 1.36 bits per heavy atom. The van der Waals surface area contributed by atoms with Gasteiger partial charge in [-0.05, 0) is 19.3 Å². The minimum atomic E-state index is 0.0594. The zero-order valence-corrected chi connectivity index (χ0v) is 15.0. The highest BCUT2D eigenvalue weighted by atomic mass is 32.2. The number of nitrogens with one attached hydrogen (secondary N) is 1. The summed E-state index contributed by atoms with van der Waals surface area (Å²) in [5.74, 6) is 2.15. The van der Waals surface area contributed by atoms with Gasteiger partial charge in [0.2, 0.25) is 5.91 Å². The highest BCUT2D eigenvalue weighted by Gasteiger charge is 2.24. The van der Waals surface area contributed by atoms with E-state index in [4.69, 9.17) is 0 Å². The molecule has 2 fully saturated rings. The average Bonchev–Trinajstić information content (AvgIpc) is 3.04. The molecule has 1 heterocycles. The standard InChI is InChI=1S/C16H30N4OS/c1-4-14-12-20(9-10-22-14)16(17-11-15(21)19(2)3)18-13-7-5-6-8-13/h13-14H,4-12H2,1-3H3,(H,17,18). The van der Waals surface area contributed by atoms with Crippen molar-refractivity contribution in [3.63, 3.8) is 0 Å². The lowest BCUT2D eigenvalue weighted by molar-refractivity contribution is -0.127. The molecule has 1 unspecified atom stereocenters. The van der Waals surface area contributed by atoms with Gasteiger partial charge in [-0.2, -0.15) is 11.8 Å². The molecule has 0 aromatic rings. The molecule has 0 radical (unpaired) electrons. The van der Waals surface area contributed by atoms with E-state index in [2.05, 4.69) is 33.9 Å². The van der Waals surface area contributed by atoms with Crippen LogP contribution in [0, 0.1) is 0 Å².